The maximum atomic E-state index is 12.2. The molecule has 3 nitrogen and oxygen atoms in total. The first-order valence-electron chi connectivity index (χ1n) is 7.34. The predicted molar refractivity (Wildman–Crippen MR) is 89.7 cm³/mol. The summed E-state index contributed by atoms with van der Waals surface area (Å²) in [7, 11) is 0. The number of benzene rings is 2. The largest absolute Gasteiger partial charge is 0.456 e. The highest BCUT2D eigenvalue weighted by molar-refractivity contribution is 6.03. The Morgan fingerprint density at radius 2 is 1.73 bits per heavy atom. The van der Waals surface area contributed by atoms with Crippen LogP contribution < -0.4 is 5.32 Å². The molecule has 22 heavy (non-hydrogen) atoms. The highest BCUT2D eigenvalue weighted by Crippen LogP contribution is 2.32. The average Bonchev–Trinajstić information content (AvgIpc) is 2.92. The fraction of sp³-hybridized carbons (Fsp3) is 0.211. The summed E-state index contributed by atoms with van der Waals surface area (Å²) >= 11 is 0. The molecule has 3 aromatic rings. The molecule has 0 bridgehead atoms. The number of nitrogens with one attached hydrogen (secondary N) is 1. The number of furan rings is 1. The zero-order valence-electron chi connectivity index (χ0n) is 13.0. The highest BCUT2D eigenvalue weighted by atomic mass is 16.3. The second-order valence-corrected chi connectivity index (χ2v) is 6.40. The summed E-state index contributed by atoms with van der Waals surface area (Å²) in [4.78, 5) is 12.2. The van der Waals surface area contributed by atoms with E-state index in [9.17, 15) is 4.79 Å². The number of rotatable bonds is 2. The molecular weight excluding hydrogens is 274 g/mol. The first kappa shape index (κ1) is 14.4. The lowest BCUT2D eigenvalue weighted by molar-refractivity contribution is -0.123. The van der Waals surface area contributed by atoms with E-state index < -0.39 is 5.41 Å². The first-order chi connectivity index (χ1) is 10.4. The summed E-state index contributed by atoms with van der Waals surface area (Å²) in [5, 5.41) is 3.91. The lowest BCUT2D eigenvalue weighted by Crippen LogP contribution is -2.27. The van der Waals surface area contributed by atoms with Crippen LogP contribution in [0.25, 0.3) is 22.3 Å². The van der Waals surface area contributed by atoms with Crippen molar-refractivity contribution < 1.29 is 9.21 Å². The molecule has 0 radical (unpaired) electrons. The summed E-state index contributed by atoms with van der Waals surface area (Å²) < 4.78 is 5.91. The van der Waals surface area contributed by atoms with Gasteiger partial charge in [0, 0.05) is 16.4 Å². The van der Waals surface area contributed by atoms with Crippen molar-refractivity contribution in [3.63, 3.8) is 0 Å². The van der Waals surface area contributed by atoms with Crippen LogP contribution in [0.15, 0.2) is 59.0 Å². The molecule has 1 N–H and O–H groups in total. The van der Waals surface area contributed by atoms with Gasteiger partial charge in [-0.2, -0.15) is 0 Å². The van der Waals surface area contributed by atoms with Crippen molar-refractivity contribution in [1.29, 1.82) is 0 Å². The van der Waals surface area contributed by atoms with Crippen LogP contribution in [0, 0.1) is 5.41 Å². The predicted octanol–water partition coefficient (Wildman–Crippen LogP) is 5.08. The Kier molecular flexibility index (Phi) is 3.49. The van der Waals surface area contributed by atoms with Crippen LogP contribution in [0.5, 0.6) is 0 Å². The summed E-state index contributed by atoms with van der Waals surface area (Å²) in [6, 6.07) is 17.6. The van der Waals surface area contributed by atoms with Gasteiger partial charge in [0.05, 0.1) is 5.69 Å². The Labute approximate surface area is 130 Å². The van der Waals surface area contributed by atoms with Crippen molar-refractivity contribution >= 4 is 22.6 Å². The number of hydrogen-bond acceptors (Lipinski definition) is 2. The highest BCUT2D eigenvalue weighted by Gasteiger charge is 2.22. The van der Waals surface area contributed by atoms with Crippen LogP contribution in [0.2, 0.25) is 0 Å². The third kappa shape index (κ3) is 2.75. The van der Waals surface area contributed by atoms with E-state index in [-0.39, 0.29) is 5.91 Å². The molecule has 0 spiro atoms. The maximum absolute atomic E-state index is 12.2. The van der Waals surface area contributed by atoms with Crippen molar-refractivity contribution in [2.75, 3.05) is 5.32 Å². The smallest absolute Gasteiger partial charge is 0.229 e. The fourth-order valence-corrected chi connectivity index (χ4v) is 2.22. The maximum Gasteiger partial charge on any atom is 0.229 e. The lowest BCUT2D eigenvalue weighted by Gasteiger charge is -2.17. The van der Waals surface area contributed by atoms with Gasteiger partial charge in [0.25, 0.3) is 0 Å². The molecule has 2 aromatic carbocycles. The standard InChI is InChI=1S/C19H19NO2/c1-19(2,3)18(21)20-15-10-7-11-16-14(15)12-17(22-16)13-8-5-4-6-9-13/h4-12H,1-3H3,(H,20,21). The van der Waals surface area contributed by atoms with E-state index in [1.165, 1.54) is 0 Å². The number of carbonyl (C=O) groups excluding carboxylic acids is 1. The molecule has 3 heteroatoms. The van der Waals surface area contributed by atoms with E-state index in [1.54, 1.807) is 0 Å². The van der Waals surface area contributed by atoms with Gasteiger partial charge >= 0.3 is 0 Å². The Bertz CT molecular complexity index is 810. The molecule has 0 saturated carbocycles. The van der Waals surface area contributed by atoms with Crippen molar-refractivity contribution in [1.82, 2.24) is 0 Å². The second kappa shape index (κ2) is 5.34. The van der Waals surface area contributed by atoms with Gasteiger partial charge in [-0.05, 0) is 18.2 Å². The summed E-state index contributed by atoms with van der Waals surface area (Å²) in [5.74, 6) is 0.788. The zero-order valence-corrected chi connectivity index (χ0v) is 13.0. The normalized spacial score (nSPS) is 11.6. The molecule has 1 heterocycles. The SMILES string of the molecule is CC(C)(C)C(=O)Nc1cccc2oc(-c3ccccc3)cc12. The minimum atomic E-state index is -0.436. The third-order valence-corrected chi connectivity index (χ3v) is 3.55. The minimum Gasteiger partial charge on any atom is -0.456 e. The van der Waals surface area contributed by atoms with E-state index in [2.05, 4.69) is 5.32 Å². The number of anilines is 1. The van der Waals surface area contributed by atoms with Crippen LogP contribution in [-0.4, -0.2) is 5.91 Å². The molecule has 112 valence electrons. The van der Waals surface area contributed by atoms with Crippen molar-refractivity contribution in [2.45, 2.75) is 20.8 Å². The van der Waals surface area contributed by atoms with E-state index in [0.29, 0.717) is 0 Å². The van der Waals surface area contributed by atoms with E-state index in [4.69, 9.17) is 4.42 Å². The number of hydrogen-bond donors (Lipinski definition) is 1. The molecule has 1 aromatic heterocycles. The average molecular weight is 293 g/mol. The Hall–Kier alpha value is -2.55. The Morgan fingerprint density at radius 1 is 1.00 bits per heavy atom. The fourth-order valence-electron chi connectivity index (χ4n) is 2.22. The summed E-state index contributed by atoms with van der Waals surface area (Å²) in [5.41, 5.74) is 2.13. The van der Waals surface area contributed by atoms with Crippen molar-refractivity contribution in [2.24, 2.45) is 5.41 Å². The molecular formula is C19H19NO2. The molecule has 1 amide bonds. The molecule has 0 atom stereocenters. The van der Waals surface area contributed by atoms with Gasteiger partial charge in [-0.3, -0.25) is 4.79 Å². The molecule has 0 aliphatic heterocycles. The summed E-state index contributed by atoms with van der Waals surface area (Å²) in [6.45, 7) is 5.69. The lowest BCUT2D eigenvalue weighted by atomic mass is 9.95. The third-order valence-electron chi connectivity index (χ3n) is 3.55. The molecule has 0 unspecified atom stereocenters. The number of amides is 1. The van der Waals surface area contributed by atoms with Crippen molar-refractivity contribution in [3.05, 3.63) is 54.6 Å². The van der Waals surface area contributed by atoms with E-state index in [0.717, 1.165) is 28.0 Å². The van der Waals surface area contributed by atoms with Crippen LogP contribution in [0.3, 0.4) is 0 Å². The van der Waals surface area contributed by atoms with E-state index in [1.807, 2.05) is 75.4 Å². The van der Waals surface area contributed by atoms with Gasteiger partial charge in [0.1, 0.15) is 11.3 Å². The molecule has 0 saturated heterocycles. The Balaban J connectivity index is 2.03. The van der Waals surface area contributed by atoms with Crippen molar-refractivity contribution in [3.8, 4) is 11.3 Å². The number of carbonyl (C=O) groups is 1. The van der Waals surface area contributed by atoms with Crippen LogP contribution in [-0.2, 0) is 4.79 Å². The second-order valence-electron chi connectivity index (χ2n) is 6.40. The van der Waals surface area contributed by atoms with Gasteiger partial charge in [-0.15, -0.1) is 0 Å². The van der Waals surface area contributed by atoms with Gasteiger partial charge in [0.15, 0.2) is 0 Å². The van der Waals surface area contributed by atoms with Gasteiger partial charge in [0.2, 0.25) is 5.91 Å². The number of fused-ring (bicyclic) bond motifs is 1. The Morgan fingerprint density at radius 3 is 2.41 bits per heavy atom. The molecule has 0 fully saturated rings. The molecule has 3 rings (SSSR count). The van der Waals surface area contributed by atoms with Crippen LogP contribution in [0.1, 0.15) is 20.8 Å². The summed E-state index contributed by atoms with van der Waals surface area (Å²) in [6.07, 6.45) is 0. The van der Waals surface area contributed by atoms with Gasteiger partial charge < -0.3 is 9.73 Å². The zero-order chi connectivity index (χ0) is 15.7. The topological polar surface area (TPSA) is 42.2 Å². The van der Waals surface area contributed by atoms with Gasteiger partial charge in [-0.25, -0.2) is 0 Å². The monoisotopic (exact) mass is 293 g/mol. The van der Waals surface area contributed by atoms with Gasteiger partial charge in [-0.1, -0.05) is 57.2 Å². The quantitative estimate of drug-likeness (QED) is 0.715. The molecule has 0 aliphatic carbocycles. The van der Waals surface area contributed by atoms with E-state index >= 15 is 0 Å². The van der Waals surface area contributed by atoms with Crippen LogP contribution >= 0.6 is 0 Å². The van der Waals surface area contributed by atoms with Crippen LogP contribution in [0.4, 0.5) is 5.69 Å². The molecule has 0 aliphatic rings. The minimum absolute atomic E-state index is 0.0116. The first-order valence-corrected chi connectivity index (χ1v) is 7.34.